The fourth-order valence-corrected chi connectivity index (χ4v) is 3.01. The zero-order valence-electron chi connectivity index (χ0n) is 15.4. The van der Waals surface area contributed by atoms with E-state index in [1.165, 1.54) is 109 Å². The highest BCUT2D eigenvalue weighted by Crippen LogP contribution is 2.14. The van der Waals surface area contributed by atoms with Gasteiger partial charge in [-0.1, -0.05) is 116 Å². The summed E-state index contributed by atoms with van der Waals surface area (Å²) in [5.41, 5.74) is 0. The Hall–Kier alpha value is -0.0800. The molecule has 2 nitrogen and oxygen atoms in total. The maximum atomic E-state index is 8.69. The Labute approximate surface area is 140 Å². The molecule has 0 spiro atoms. The average Bonchev–Trinajstić information content (AvgIpc) is 2.50. The van der Waals surface area contributed by atoms with Gasteiger partial charge >= 0.3 is 0 Å². The van der Waals surface area contributed by atoms with Gasteiger partial charge in [0, 0.05) is 6.61 Å². The van der Waals surface area contributed by atoms with Gasteiger partial charge in [-0.05, 0) is 6.42 Å². The Morgan fingerprint density at radius 3 is 0.864 bits per heavy atom. The first-order valence-electron chi connectivity index (χ1n) is 10.0. The Kier molecular flexibility index (Phi) is 25.5. The fraction of sp³-hybridized carbons (Fsp3) is 1.00. The summed E-state index contributed by atoms with van der Waals surface area (Å²) in [5, 5.41) is 8.69. The molecule has 0 saturated heterocycles. The highest BCUT2D eigenvalue weighted by atomic mass is 16.2. The van der Waals surface area contributed by atoms with Crippen LogP contribution < -0.4 is 0 Å². The lowest BCUT2D eigenvalue weighted by Crippen LogP contribution is -1.85. The summed E-state index contributed by atoms with van der Waals surface area (Å²) in [5.74, 6) is 0. The molecule has 2 heteroatoms. The number of aliphatic hydroxyl groups is 1. The molecule has 0 fully saturated rings. The molecule has 0 rings (SSSR count). The molecule has 22 heavy (non-hydrogen) atoms. The van der Waals surface area contributed by atoms with Gasteiger partial charge in [0.1, 0.15) is 0 Å². The monoisotopic (exact) mass is 316 g/mol. The molecule has 3 N–H and O–H groups in total. The average molecular weight is 317 g/mol. The van der Waals surface area contributed by atoms with Crippen LogP contribution in [0.2, 0.25) is 0 Å². The van der Waals surface area contributed by atoms with Crippen molar-refractivity contribution < 1.29 is 10.6 Å². The van der Waals surface area contributed by atoms with Crippen LogP contribution in [0, 0.1) is 0 Å². The lowest BCUT2D eigenvalue weighted by atomic mass is 10.0. The van der Waals surface area contributed by atoms with E-state index in [9.17, 15) is 0 Å². The van der Waals surface area contributed by atoms with E-state index < -0.39 is 0 Å². The van der Waals surface area contributed by atoms with Crippen LogP contribution >= 0.6 is 0 Å². The van der Waals surface area contributed by atoms with Crippen LogP contribution in [0.3, 0.4) is 0 Å². The molecule has 0 heterocycles. The van der Waals surface area contributed by atoms with Gasteiger partial charge < -0.3 is 10.6 Å². The van der Waals surface area contributed by atoms with Gasteiger partial charge in [-0.3, -0.25) is 0 Å². The van der Waals surface area contributed by atoms with Crippen molar-refractivity contribution in [3.8, 4) is 0 Å². The molecule has 0 aliphatic heterocycles. The van der Waals surface area contributed by atoms with Crippen LogP contribution in [-0.2, 0) is 0 Å². The van der Waals surface area contributed by atoms with E-state index in [2.05, 4.69) is 6.92 Å². The van der Waals surface area contributed by atoms with Crippen LogP contribution in [0.5, 0.6) is 0 Å². The largest absolute Gasteiger partial charge is 0.412 e. The van der Waals surface area contributed by atoms with E-state index in [1.54, 1.807) is 0 Å². The van der Waals surface area contributed by atoms with Gasteiger partial charge in [0.2, 0.25) is 0 Å². The molecule has 0 radical (unpaired) electrons. The molecule has 0 aromatic carbocycles. The van der Waals surface area contributed by atoms with Crippen molar-refractivity contribution in [2.24, 2.45) is 0 Å². The molecule has 0 aliphatic rings. The second-order valence-corrected chi connectivity index (χ2v) is 6.73. The normalized spacial score (nSPS) is 10.6. The molecule has 0 aliphatic carbocycles. The zero-order chi connectivity index (χ0) is 15.4. The van der Waals surface area contributed by atoms with Crippen molar-refractivity contribution in [1.29, 1.82) is 0 Å². The summed E-state index contributed by atoms with van der Waals surface area (Å²) in [6.07, 6.45) is 25.1. The highest BCUT2D eigenvalue weighted by molar-refractivity contribution is 4.50. The van der Waals surface area contributed by atoms with Crippen molar-refractivity contribution in [2.75, 3.05) is 6.61 Å². The van der Waals surface area contributed by atoms with Gasteiger partial charge in [-0.25, -0.2) is 0 Å². The van der Waals surface area contributed by atoms with Crippen molar-refractivity contribution >= 4 is 0 Å². The van der Waals surface area contributed by atoms with Crippen molar-refractivity contribution in [3.63, 3.8) is 0 Å². The summed E-state index contributed by atoms with van der Waals surface area (Å²) in [6, 6.07) is 0. The SMILES string of the molecule is CCCCCCCCCCCCCCCCCCCCO.O. The van der Waals surface area contributed by atoms with Crippen molar-refractivity contribution in [3.05, 3.63) is 0 Å². The minimum absolute atomic E-state index is 0. The van der Waals surface area contributed by atoms with Gasteiger partial charge in [0.25, 0.3) is 0 Å². The maximum absolute atomic E-state index is 8.69. The molecule has 136 valence electrons. The fourth-order valence-electron chi connectivity index (χ4n) is 3.01. The van der Waals surface area contributed by atoms with Crippen LogP contribution in [0.25, 0.3) is 0 Å². The highest BCUT2D eigenvalue weighted by Gasteiger charge is 1.94. The molecule has 0 saturated carbocycles. The molecule has 0 bridgehead atoms. The van der Waals surface area contributed by atoms with Crippen LogP contribution in [-0.4, -0.2) is 17.2 Å². The molecule has 0 aromatic rings. The van der Waals surface area contributed by atoms with E-state index >= 15 is 0 Å². The van der Waals surface area contributed by atoms with E-state index in [0.717, 1.165) is 6.42 Å². The minimum Gasteiger partial charge on any atom is -0.412 e. The Balaban J connectivity index is 0. The van der Waals surface area contributed by atoms with Gasteiger partial charge in [-0.2, -0.15) is 0 Å². The standard InChI is InChI=1S/C20H42O.H2O/c1-2-3-4-5-6-7-8-9-10-11-12-13-14-15-16-17-18-19-20-21;/h21H,2-20H2,1H3;1H2. The Morgan fingerprint density at radius 1 is 0.409 bits per heavy atom. The molecule has 0 atom stereocenters. The minimum atomic E-state index is 0. The van der Waals surface area contributed by atoms with Crippen LogP contribution in [0.1, 0.15) is 122 Å². The zero-order valence-corrected chi connectivity index (χ0v) is 15.4. The Bertz CT molecular complexity index is 153. The van der Waals surface area contributed by atoms with Crippen molar-refractivity contribution in [1.82, 2.24) is 0 Å². The van der Waals surface area contributed by atoms with E-state index in [-0.39, 0.29) is 5.48 Å². The van der Waals surface area contributed by atoms with Gasteiger partial charge in [0.05, 0.1) is 0 Å². The quantitative estimate of drug-likeness (QED) is 0.301. The predicted molar refractivity (Wildman–Crippen MR) is 99.5 cm³/mol. The van der Waals surface area contributed by atoms with Crippen LogP contribution in [0.15, 0.2) is 0 Å². The smallest absolute Gasteiger partial charge is 0.0431 e. The number of unbranched alkanes of at least 4 members (excludes halogenated alkanes) is 17. The molecule has 0 amide bonds. The third-order valence-electron chi connectivity index (χ3n) is 4.51. The van der Waals surface area contributed by atoms with Gasteiger partial charge in [-0.15, -0.1) is 0 Å². The van der Waals surface area contributed by atoms with Crippen LogP contribution in [0.4, 0.5) is 0 Å². The topological polar surface area (TPSA) is 51.7 Å². The predicted octanol–water partition coefficient (Wildman–Crippen LogP) is 6.20. The third kappa shape index (κ3) is 22.2. The number of rotatable bonds is 18. The molecular weight excluding hydrogens is 272 g/mol. The first-order chi connectivity index (χ1) is 10.4. The summed E-state index contributed by atoms with van der Waals surface area (Å²) in [7, 11) is 0. The maximum Gasteiger partial charge on any atom is 0.0431 e. The first kappa shape index (κ1) is 24.2. The first-order valence-corrected chi connectivity index (χ1v) is 10.0. The lowest BCUT2D eigenvalue weighted by molar-refractivity contribution is 0.282. The summed E-state index contributed by atoms with van der Waals surface area (Å²) >= 11 is 0. The van der Waals surface area contributed by atoms with Gasteiger partial charge in [0.15, 0.2) is 0 Å². The second kappa shape index (κ2) is 23.2. The Morgan fingerprint density at radius 2 is 0.636 bits per heavy atom. The summed E-state index contributed by atoms with van der Waals surface area (Å²) in [6.45, 7) is 2.66. The van der Waals surface area contributed by atoms with E-state index in [0.29, 0.717) is 6.61 Å². The van der Waals surface area contributed by atoms with E-state index in [4.69, 9.17) is 5.11 Å². The third-order valence-corrected chi connectivity index (χ3v) is 4.51. The lowest BCUT2D eigenvalue weighted by Gasteiger charge is -2.03. The number of aliphatic hydroxyl groups excluding tert-OH is 1. The molecule has 0 unspecified atom stereocenters. The molecule has 0 aromatic heterocycles. The second-order valence-electron chi connectivity index (χ2n) is 6.73. The molecular formula is C20H44O2. The number of hydrogen-bond donors (Lipinski definition) is 1. The number of hydrogen-bond acceptors (Lipinski definition) is 1. The summed E-state index contributed by atoms with van der Waals surface area (Å²) in [4.78, 5) is 0. The summed E-state index contributed by atoms with van der Waals surface area (Å²) < 4.78 is 0. The van der Waals surface area contributed by atoms with E-state index in [1.807, 2.05) is 0 Å². The van der Waals surface area contributed by atoms with Crippen molar-refractivity contribution in [2.45, 2.75) is 122 Å².